The molecular weight excluding hydrogens is 664 g/mol. The van der Waals surface area contributed by atoms with Gasteiger partial charge in [-0.3, -0.25) is 14.4 Å². The molecule has 292 valence electrons. The highest BCUT2D eigenvalue weighted by Crippen LogP contribution is 2.20. The summed E-state index contributed by atoms with van der Waals surface area (Å²) in [4.78, 5) is 56.7. The molecule has 0 unspecified atom stereocenters. The Morgan fingerprint density at radius 3 is 1.42 bits per heavy atom. The van der Waals surface area contributed by atoms with Crippen molar-refractivity contribution in [2.24, 2.45) is 0 Å². The Balaban J connectivity index is 1.66. The molecule has 1 amide bonds. The van der Waals surface area contributed by atoms with E-state index in [9.17, 15) is 29.4 Å². The van der Waals surface area contributed by atoms with E-state index in [0.717, 1.165) is 44.1 Å². The highest BCUT2D eigenvalue weighted by atomic mass is 16.7. The summed E-state index contributed by atoms with van der Waals surface area (Å²) in [6, 6.07) is 8.90. The normalized spacial score (nSPS) is 11.7. The second-order valence-corrected chi connectivity index (χ2v) is 15.6. The maximum atomic E-state index is 13.3. The molecule has 52 heavy (non-hydrogen) atoms. The van der Waals surface area contributed by atoms with Crippen molar-refractivity contribution >= 4 is 23.8 Å². The first-order chi connectivity index (χ1) is 24.5. The number of rotatable bonds is 24. The molecule has 0 fully saturated rings. The first kappa shape index (κ1) is 44.1. The fourth-order valence-corrected chi connectivity index (χ4v) is 5.73. The van der Waals surface area contributed by atoms with Crippen LogP contribution in [0.1, 0.15) is 167 Å². The lowest BCUT2D eigenvalue weighted by atomic mass is 10.0. The van der Waals surface area contributed by atoms with Crippen molar-refractivity contribution < 1.29 is 43.7 Å². The molecular formula is C41H64N2O9. The summed E-state index contributed by atoms with van der Waals surface area (Å²) < 4.78 is 11.4. The molecule has 1 heterocycles. The van der Waals surface area contributed by atoms with E-state index in [2.05, 4.69) is 0 Å². The number of aromatic hydroxyl groups is 2. The van der Waals surface area contributed by atoms with Crippen LogP contribution in [-0.2, 0) is 30.4 Å². The van der Waals surface area contributed by atoms with Gasteiger partial charge in [-0.15, -0.1) is 4.73 Å². The highest BCUT2D eigenvalue weighted by molar-refractivity contribution is 5.89. The minimum Gasteiger partial charge on any atom is -0.492 e. The number of hydrogen-bond acceptors (Lipinski definition) is 9. The molecule has 2 rings (SSSR count). The number of carbonyl (C=O) groups excluding carboxylic acids is 4. The third-order valence-corrected chi connectivity index (χ3v) is 8.34. The van der Waals surface area contributed by atoms with E-state index < -0.39 is 28.9 Å². The van der Waals surface area contributed by atoms with Crippen molar-refractivity contribution in [3.8, 4) is 11.8 Å². The standard InChI is InChI=1S/C41H64N2O9/c1-40(2,3)50-37(47)22-20-18-16-14-12-10-8-7-9-11-13-15-17-19-21-34(44)42(30-29-38(48)51-41(4,5)6)31-32-23-25-33(26-24-32)39(49)52-43-35(45)27-28-36(43)46/h23-28,45-46H,7-22,29-31H2,1-6H3. The number of carbonyl (C=O) groups is 4. The van der Waals surface area contributed by atoms with E-state index >= 15 is 0 Å². The maximum absolute atomic E-state index is 13.3. The van der Waals surface area contributed by atoms with Crippen LogP contribution in [0.2, 0.25) is 0 Å². The number of hydrogen-bond donors (Lipinski definition) is 2. The van der Waals surface area contributed by atoms with Gasteiger partial charge >= 0.3 is 17.9 Å². The van der Waals surface area contributed by atoms with Crippen LogP contribution in [0.25, 0.3) is 0 Å². The van der Waals surface area contributed by atoms with Gasteiger partial charge in [-0.25, -0.2) is 4.79 Å². The lowest BCUT2D eigenvalue weighted by molar-refractivity contribution is -0.156. The van der Waals surface area contributed by atoms with Gasteiger partial charge in [0, 0.05) is 38.1 Å². The molecule has 0 saturated carbocycles. The van der Waals surface area contributed by atoms with Gasteiger partial charge in [-0.1, -0.05) is 89.2 Å². The van der Waals surface area contributed by atoms with Crippen molar-refractivity contribution in [1.82, 2.24) is 9.63 Å². The molecule has 1 aromatic heterocycles. The Bertz CT molecular complexity index is 1350. The fraction of sp³-hybridized carbons (Fsp3) is 0.659. The van der Waals surface area contributed by atoms with Gasteiger partial charge in [-0.2, -0.15) is 0 Å². The number of unbranched alkanes of at least 4 members (excludes halogenated alkanes) is 13. The second kappa shape index (κ2) is 22.8. The topological polar surface area (TPSA) is 145 Å². The Labute approximate surface area is 311 Å². The molecule has 0 atom stereocenters. The van der Waals surface area contributed by atoms with Crippen LogP contribution in [-0.4, -0.2) is 61.4 Å². The van der Waals surface area contributed by atoms with Crippen LogP contribution < -0.4 is 4.84 Å². The Kier molecular flexibility index (Phi) is 19.4. The zero-order chi connectivity index (χ0) is 38.6. The number of benzene rings is 1. The van der Waals surface area contributed by atoms with E-state index in [1.54, 1.807) is 29.2 Å². The minimum absolute atomic E-state index is 0.0337. The number of nitrogens with zero attached hydrogens (tertiary/aromatic N) is 2. The third-order valence-electron chi connectivity index (χ3n) is 8.34. The predicted molar refractivity (Wildman–Crippen MR) is 201 cm³/mol. The van der Waals surface area contributed by atoms with Crippen molar-refractivity contribution in [1.29, 1.82) is 0 Å². The first-order valence-electron chi connectivity index (χ1n) is 19.2. The smallest absolute Gasteiger partial charge is 0.363 e. The summed E-state index contributed by atoms with van der Waals surface area (Å²) in [7, 11) is 0. The van der Waals surface area contributed by atoms with Gasteiger partial charge in [0.1, 0.15) is 11.2 Å². The van der Waals surface area contributed by atoms with Crippen LogP contribution in [0.15, 0.2) is 36.4 Å². The average Bonchev–Trinajstić information content (AvgIpc) is 3.37. The maximum Gasteiger partial charge on any atom is 0.363 e. The Morgan fingerprint density at radius 1 is 0.577 bits per heavy atom. The fourth-order valence-electron chi connectivity index (χ4n) is 5.73. The summed E-state index contributed by atoms with van der Waals surface area (Å²) in [5, 5.41) is 19.5. The largest absolute Gasteiger partial charge is 0.492 e. The van der Waals surface area contributed by atoms with Crippen molar-refractivity contribution in [2.45, 2.75) is 168 Å². The van der Waals surface area contributed by atoms with Crippen LogP contribution >= 0.6 is 0 Å². The van der Waals surface area contributed by atoms with Gasteiger partial charge in [-0.05, 0) is 72.1 Å². The number of aromatic nitrogens is 1. The molecule has 0 aliphatic carbocycles. The van der Waals surface area contributed by atoms with Gasteiger partial charge in [0.25, 0.3) is 0 Å². The predicted octanol–water partition coefficient (Wildman–Crippen LogP) is 8.81. The van der Waals surface area contributed by atoms with Crippen molar-refractivity contribution in [3.05, 3.63) is 47.5 Å². The van der Waals surface area contributed by atoms with E-state index in [4.69, 9.17) is 14.3 Å². The molecule has 11 nitrogen and oxygen atoms in total. The monoisotopic (exact) mass is 728 g/mol. The minimum atomic E-state index is -0.775. The molecule has 0 aliphatic rings. The molecule has 0 spiro atoms. The van der Waals surface area contributed by atoms with E-state index in [0.29, 0.717) is 17.6 Å². The highest BCUT2D eigenvalue weighted by Gasteiger charge is 2.21. The van der Waals surface area contributed by atoms with Crippen LogP contribution in [0.3, 0.4) is 0 Å². The van der Waals surface area contributed by atoms with Gasteiger partial charge < -0.3 is 29.4 Å². The van der Waals surface area contributed by atoms with Crippen molar-refractivity contribution in [2.75, 3.05) is 6.54 Å². The third kappa shape index (κ3) is 19.6. The van der Waals surface area contributed by atoms with Gasteiger partial charge in [0.15, 0.2) is 0 Å². The Hall–Kier alpha value is -4.02. The first-order valence-corrected chi connectivity index (χ1v) is 19.2. The molecule has 2 N–H and O–H groups in total. The van der Waals surface area contributed by atoms with E-state index in [1.165, 1.54) is 63.5 Å². The van der Waals surface area contributed by atoms with E-state index in [1.807, 2.05) is 41.5 Å². The zero-order valence-electron chi connectivity index (χ0n) is 32.5. The summed E-state index contributed by atoms with van der Waals surface area (Å²) >= 11 is 0. The lowest BCUT2D eigenvalue weighted by Crippen LogP contribution is -2.34. The molecule has 0 radical (unpaired) electrons. The molecule has 2 aromatic rings. The summed E-state index contributed by atoms with van der Waals surface area (Å²) in [5.74, 6) is -2.11. The summed E-state index contributed by atoms with van der Waals surface area (Å²) in [6.07, 6.45) is 16.9. The molecule has 0 bridgehead atoms. The van der Waals surface area contributed by atoms with Crippen molar-refractivity contribution in [3.63, 3.8) is 0 Å². The van der Waals surface area contributed by atoms with E-state index in [-0.39, 0.29) is 42.9 Å². The number of esters is 2. The molecule has 0 saturated heterocycles. The molecule has 0 aliphatic heterocycles. The average molecular weight is 729 g/mol. The summed E-state index contributed by atoms with van der Waals surface area (Å²) in [6.45, 7) is 11.6. The van der Waals surface area contributed by atoms with Gasteiger partial charge in [0.05, 0.1) is 12.0 Å². The number of ether oxygens (including phenoxy) is 2. The second-order valence-electron chi connectivity index (χ2n) is 15.6. The molecule has 11 heteroatoms. The quantitative estimate of drug-likeness (QED) is 0.0800. The molecule has 1 aromatic carbocycles. The van der Waals surface area contributed by atoms with Crippen LogP contribution in [0, 0.1) is 0 Å². The SMILES string of the molecule is CC(C)(C)OC(=O)CCCCCCCCCCCCCCCCC(=O)N(CCC(=O)OC(C)(C)C)Cc1ccc(C(=O)On2c(O)ccc2O)cc1. The van der Waals surface area contributed by atoms with Crippen LogP contribution in [0.5, 0.6) is 11.8 Å². The van der Waals surface area contributed by atoms with Gasteiger partial charge in [0.2, 0.25) is 17.7 Å². The van der Waals surface area contributed by atoms with Crippen LogP contribution in [0.4, 0.5) is 0 Å². The summed E-state index contributed by atoms with van der Waals surface area (Å²) in [5.41, 5.74) is -0.0458. The Morgan fingerprint density at radius 2 is 0.981 bits per heavy atom. The zero-order valence-corrected chi connectivity index (χ0v) is 32.5. The number of amides is 1. The lowest BCUT2D eigenvalue weighted by Gasteiger charge is -2.24.